The fourth-order valence-corrected chi connectivity index (χ4v) is 2.59. The molecular weight excluding hydrogens is 212 g/mol. The van der Waals surface area contributed by atoms with Crippen molar-refractivity contribution in [2.24, 2.45) is 0 Å². The molecule has 1 N–H and O–H groups in total. The number of aliphatic hydroxyl groups is 1. The van der Waals surface area contributed by atoms with Crippen LogP contribution in [0.2, 0.25) is 0 Å². The Kier molecular flexibility index (Phi) is 3.72. The minimum absolute atomic E-state index is 0.599. The normalized spacial score (nSPS) is 18.1. The third-order valence-electron chi connectivity index (χ3n) is 3.32. The maximum absolute atomic E-state index is 9.77. The van der Waals surface area contributed by atoms with E-state index in [1.807, 2.05) is 12.1 Å². The number of hydrogen-bond acceptors (Lipinski definition) is 2. The highest BCUT2D eigenvalue weighted by Gasteiger charge is 2.22. The van der Waals surface area contributed by atoms with E-state index in [2.05, 4.69) is 12.1 Å². The summed E-state index contributed by atoms with van der Waals surface area (Å²) >= 11 is 0. The van der Waals surface area contributed by atoms with Gasteiger partial charge in [0.25, 0.3) is 0 Å². The molecular formula is C15H22O2. The van der Waals surface area contributed by atoms with Gasteiger partial charge in [-0.2, -0.15) is 0 Å². The van der Waals surface area contributed by atoms with Crippen LogP contribution >= 0.6 is 0 Å². The molecule has 94 valence electrons. The lowest BCUT2D eigenvalue weighted by molar-refractivity contribution is -0.105. The second-order valence-electron chi connectivity index (χ2n) is 5.42. The van der Waals surface area contributed by atoms with Gasteiger partial charge in [0.15, 0.2) is 0 Å². The molecule has 0 unspecified atom stereocenters. The van der Waals surface area contributed by atoms with Crippen LogP contribution in [0.15, 0.2) is 24.3 Å². The number of ether oxygens (including phenoxy) is 1. The van der Waals surface area contributed by atoms with E-state index in [9.17, 15) is 5.11 Å². The van der Waals surface area contributed by atoms with Gasteiger partial charge in [-0.05, 0) is 30.4 Å². The average Bonchev–Trinajstić information content (AvgIpc) is 2.29. The van der Waals surface area contributed by atoms with Gasteiger partial charge >= 0.3 is 0 Å². The van der Waals surface area contributed by atoms with Crippen LogP contribution in [0.1, 0.15) is 57.4 Å². The SMILES string of the molecule is CC(C)(O)Oc1ccccc1C1CCCCC1. The molecule has 2 rings (SSSR count). The Morgan fingerprint density at radius 3 is 2.41 bits per heavy atom. The standard InChI is InChI=1S/C15H22O2/c1-15(2,16)17-14-11-7-6-10-13(14)12-8-4-3-5-9-12/h6-7,10-12,16H,3-5,8-9H2,1-2H3. The van der Waals surface area contributed by atoms with Crippen molar-refractivity contribution < 1.29 is 9.84 Å². The molecule has 0 amide bonds. The van der Waals surface area contributed by atoms with Gasteiger partial charge < -0.3 is 9.84 Å². The summed E-state index contributed by atoms with van der Waals surface area (Å²) in [5, 5.41) is 9.77. The van der Waals surface area contributed by atoms with Crippen molar-refractivity contribution in [1.29, 1.82) is 0 Å². The zero-order valence-corrected chi connectivity index (χ0v) is 10.8. The van der Waals surface area contributed by atoms with Crippen LogP contribution < -0.4 is 4.74 Å². The smallest absolute Gasteiger partial charge is 0.202 e. The van der Waals surface area contributed by atoms with Crippen molar-refractivity contribution in [3.05, 3.63) is 29.8 Å². The van der Waals surface area contributed by atoms with Crippen molar-refractivity contribution >= 4 is 0 Å². The number of rotatable bonds is 3. The third-order valence-corrected chi connectivity index (χ3v) is 3.32. The van der Waals surface area contributed by atoms with Crippen molar-refractivity contribution in [1.82, 2.24) is 0 Å². The molecule has 1 aliphatic rings. The zero-order chi connectivity index (χ0) is 12.3. The molecule has 0 aliphatic heterocycles. The van der Waals surface area contributed by atoms with E-state index in [0.717, 1.165) is 5.75 Å². The molecule has 0 saturated heterocycles. The van der Waals surface area contributed by atoms with Crippen molar-refractivity contribution in [2.45, 2.75) is 57.7 Å². The average molecular weight is 234 g/mol. The number of benzene rings is 1. The van der Waals surface area contributed by atoms with E-state index in [-0.39, 0.29) is 0 Å². The van der Waals surface area contributed by atoms with Crippen molar-refractivity contribution in [3.63, 3.8) is 0 Å². The largest absolute Gasteiger partial charge is 0.463 e. The molecule has 1 aromatic rings. The van der Waals surface area contributed by atoms with Crippen LogP contribution in [0.4, 0.5) is 0 Å². The van der Waals surface area contributed by atoms with Gasteiger partial charge in [0.1, 0.15) is 5.75 Å². The first kappa shape index (κ1) is 12.4. The molecule has 1 aliphatic carbocycles. The van der Waals surface area contributed by atoms with Gasteiger partial charge in [-0.3, -0.25) is 0 Å². The summed E-state index contributed by atoms with van der Waals surface area (Å²) in [5.74, 6) is 0.333. The predicted octanol–water partition coefficient (Wildman–Crippen LogP) is 3.84. The number of hydrogen-bond donors (Lipinski definition) is 1. The minimum Gasteiger partial charge on any atom is -0.463 e. The minimum atomic E-state index is -1.11. The van der Waals surface area contributed by atoms with Gasteiger partial charge in [0, 0.05) is 13.8 Å². The summed E-state index contributed by atoms with van der Waals surface area (Å²) in [4.78, 5) is 0. The molecule has 0 heterocycles. The molecule has 1 aromatic carbocycles. The molecule has 0 radical (unpaired) electrons. The molecule has 17 heavy (non-hydrogen) atoms. The third kappa shape index (κ3) is 3.47. The Balaban J connectivity index is 2.20. The molecule has 0 bridgehead atoms. The second-order valence-corrected chi connectivity index (χ2v) is 5.42. The van der Waals surface area contributed by atoms with Crippen LogP contribution in [0.5, 0.6) is 5.75 Å². The Morgan fingerprint density at radius 2 is 1.76 bits per heavy atom. The second kappa shape index (κ2) is 5.09. The molecule has 1 fully saturated rings. The Labute approximate surface area is 104 Å². The molecule has 2 heteroatoms. The predicted molar refractivity (Wildman–Crippen MR) is 69.2 cm³/mol. The maximum atomic E-state index is 9.77. The van der Waals surface area contributed by atoms with Gasteiger partial charge in [0.05, 0.1) is 0 Å². The van der Waals surface area contributed by atoms with Crippen LogP contribution in [-0.4, -0.2) is 10.9 Å². The maximum Gasteiger partial charge on any atom is 0.202 e. The highest BCUT2D eigenvalue weighted by molar-refractivity contribution is 5.36. The van der Waals surface area contributed by atoms with E-state index >= 15 is 0 Å². The monoisotopic (exact) mass is 234 g/mol. The molecule has 2 nitrogen and oxygen atoms in total. The Bertz CT molecular complexity index is 359. The summed E-state index contributed by atoms with van der Waals surface area (Å²) in [5.41, 5.74) is 1.26. The zero-order valence-electron chi connectivity index (χ0n) is 10.8. The lowest BCUT2D eigenvalue weighted by atomic mass is 9.84. The molecule has 1 saturated carbocycles. The van der Waals surface area contributed by atoms with Gasteiger partial charge in [-0.15, -0.1) is 0 Å². The summed E-state index contributed by atoms with van der Waals surface area (Å²) in [6, 6.07) is 8.12. The van der Waals surface area contributed by atoms with Gasteiger partial charge in [0.2, 0.25) is 5.79 Å². The first-order valence-corrected chi connectivity index (χ1v) is 6.56. The summed E-state index contributed by atoms with van der Waals surface area (Å²) in [6.45, 7) is 3.34. The quantitative estimate of drug-likeness (QED) is 0.805. The summed E-state index contributed by atoms with van der Waals surface area (Å²) in [7, 11) is 0. The van der Waals surface area contributed by atoms with E-state index in [1.54, 1.807) is 13.8 Å². The Morgan fingerprint density at radius 1 is 1.12 bits per heavy atom. The number of para-hydroxylation sites is 1. The summed E-state index contributed by atoms with van der Waals surface area (Å²) in [6.07, 6.45) is 6.45. The summed E-state index contributed by atoms with van der Waals surface area (Å²) < 4.78 is 5.64. The lowest BCUT2D eigenvalue weighted by Crippen LogP contribution is -2.27. The van der Waals surface area contributed by atoms with Crippen molar-refractivity contribution in [3.8, 4) is 5.75 Å². The first-order chi connectivity index (χ1) is 8.06. The molecule has 0 spiro atoms. The van der Waals surface area contributed by atoms with E-state index in [1.165, 1.54) is 37.7 Å². The highest BCUT2D eigenvalue weighted by Crippen LogP contribution is 2.38. The first-order valence-electron chi connectivity index (χ1n) is 6.56. The fourth-order valence-electron chi connectivity index (χ4n) is 2.59. The molecule has 0 atom stereocenters. The van der Waals surface area contributed by atoms with Crippen molar-refractivity contribution in [2.75, 3.05) is 0 Å². The van der Waals surface area contributed by atoms with Crippen LogP contribution in [0.25, 0.3) is 0 Å². The van der Waals surface area contributed by atoms with E-state index < -0.39 is 5.79 Å². The molecule has 0 aromatic heterocycles. The van der Waals surface area contributed by atoms with Gasteiger partial charge in [-0.1, -0.05) is 37.5 Å². The highest BCUT2D eigenvalue weighted by atomic mass is 16.6. The fraction of sp³-hybridized carbons (Fsp3) is 0.600. The van der Waals surface area contributed by atoms with E-state index in [0.29, 0.717) is 5.92 Å². The van der Waals surface area contributed by atoms with Crippen LogP contribution in [0, 0.1) is 0 Å². The topological polar surface area (TPSA) is 29.5 Å². The Hall–Kier alpha value is -1.02. The van der Waals surface area contributed by atoms with E-state index in [4.69, 9.17) is 4.74 Å². The van der Waals surface area contributed by atoms with Crippen LogP contribution in [0.3, 0.4) is 0 Å². The lowest BCUT2D eigenvalue weighted by Gasteiger charge is -2.27. The van der Waals surface area contributed by atoms with Gasteiger partial charge in [-0.25, -0.2) is 0 Å². The van der Waals surface area contributed by atoms with Crippen LogP contribution in [-0.2, 0) is 0 Å².